The Morgan fingerprint density at radius 3 is 2.76 bits per heavy atom. The average Bonchev–Trinajstić information content (AvgIpc) is 3.13. The van der Waals surface area contributed by atoms with Gasteiger partial charge in [0, 0.05) is 22.0 Å². The zero-order valence-electron chi connectivity index (χ0n) is 13.7. The van der Waals surface area contributed by atoms with E-state index in [-0.39, 0.29) is 5.92 Å². The zero-order valence-corrected chi connectivity index (χ0v) is 16.1. The van der Waals surface area contributed by atoms with Crippen LogP contribution in [0, 0.1) is 11.3 Å². The Morgan fingerprint density at radius 2 is 2.00 bits per heavy atom. The zero-order chi connectivity index (χ0) is 17.6. The van der Waals surface area contributed by atoms with E-state index in [0.717, 1.165) is 38.7 Å². The molecule has 4 nitrogen and oxygen atoms in total. The summed E-state index contributed by atoms with van der Waals surface area (Å²) < 4.78 is 1.09. The number of hydrogen-bond acceptors (Lipinski definition) is 5. The largest absolute Gasteiger partial charge is 0.370 e. The molecule has 126 valence electrons. The first-order valence-electron chi connectivity index (χ1n) is 7.96. The number of anilines is 1. The first kappa shape index (κ1) is 17.6. The lowest BCUT2D eigenvalue weighted by Gasteiger charge is -2.07. The fourth-order valence-corrected chi connectivity index (χ4v) is 3.60. The van der Waals surface area contributed by atoms with Crippen molar-refractivity contribution in [2.75, 3.05) is 11.9 Å². The van der Waals surface area contributed by atoms with E-state index in [0.29, 0.717) is 0 Å². The first-order valence-corrected chi connectivity index (χ1v) is 9.57. The van der Waals surface area contributed by atoms with Crippen LogP contribution in [0.3, 0.4) is 0 Å². The molecule has 2 aromatic heterocycles. The second-order valence-corrected chi connectivity index (χ2v) is 7.68. The van der Waals surface area contributed by atoms with Crippen LogP contribution in [0.25, 0.3) is 10.6 Å². The van der Waals surface area contributed by atoms with Crippen LogP contribution in [-0.4, -0.2) is 16.5 Å². The molecule has 0 saturated heterocycles. The summed E-state index contributed by atoms with van der Waals surface area (Å²) in [5, 5.41) is 12.4. The highest BCUT2D eigenvalue weighted by molar-refractivity contribution is 9.10. The highest BCUT2D eigenvalue weighted by atomic mass is 79.9. The van der Waals surface area contributed by atoms with Crippen molar-refractivity contribution < 1.29 is 0 Å². The summed E-state index contributed by atoms with van der Waals surface area (Å²) in [5.74, 6) is 0.717. The van der Waals surface area contributed by atoms with Crippen molar-refractivity contribution in [2.45, 2.75) is 19.3 Å². The fourth-order valence-electron chi connectivity index (χ4n) is 2.36. The first-order chi connectivity index (χ1) is 12.2. The predicted octanol–water partition coefficient (Wildman–Crippen LogP) is 5.25. The van der Waals surface area contributed by atoms with Gasteiger partial charge >= 0.3 is 0 Å². The minimum Gasteiger partial charge on any atom is -0.370 e. The molecule has 25 heavy (non-hydrogen) atoms. The van der Waals surface area contributed by atoms with Gasteiger partial charge in [-0.2, -0.15) is 5.26 Å². The van der Waals surface area contributed by atoms with Gasteiger partial charge in [0.2, 0.25) is 0 Å². The van der Waals surface area contributed by atoms with Crippen LogP contribution in [0.15, 0.2) is 53.3 Å². The van der Waals surface area contributed by atoms with E-state index < -0.39 is 0 Å². The van der Waals surface area contributed by atoms with Gasteiger partial charge in [0.1, 0.15) is 12.1 Å². The van der Waals surface area contributed by atoms with Crippen molar-refractivity contribution in [3.05, 3.63) is 63.7 Å². The van der Waals surface area contributed by atoms with Crippen LogP contribution in [-0.2, 0) is 6.42 Å². The number of nitriles is 1. The average molecular weight is 413 g/mol. The summed E-state index contributed by atoms with van der Waals surface area (Å²) in [5.41, 5.74) is 2.15. The number of hydrogen-bond donors (Lipinski definition) is 1. The third-order valence-corrected chi connectivity index (χ3v) is 5.62. The Morgan fingerprint density at radius 1 is 1.20 bits per heavy atom. The lowest BCUT2D eigenvalue weighted by molar-refractivity contribution is 1.000. The Labute approximate surface area is 159 Å². The maximum atomic E-state index is 9.04. The molecule has 0 spiro atoms. The van der Waals surface area contributed by atoms with Crippen LogP contribution in [0.4, 0.5) is 5.82 Å². The van der Waals surface area contributed by atoms with E-state index in [2.05, 4.69) is 61.5 Å². The second-order valence-electron chi connectivity index (χ2n) is 5.64. The van der Waals surface area contributed by atoms with Crippen molar-refractivity contribution >= 4 is 33.1 Å². The second kappa shape index (κ2) is 8.24. The number of aromatic nitrogens is 2. The lowest BCUT2D eigenvalue weighted by atomic mass is 10.1. The molecule has 0 saturated carbocycles. The summed E-state index contributed by atoms with van der Waals surface area (Å²) in [6.07, 6.45) is 2.50. The van der Waals surface area contributed by atoms with Crippen LogP contribution >= 0.6 is 27.3 Å². The highest BCUT2D eigenvalue weighted by Gasteiger charge is 2.10. The molecule has 0 aliphatic heterocycles. The number of rotatable bonds is 6. The molecule has 1 aromatic carbocycles. The number of halogens is 1. The predicted molar refractivity (Wildman–Crippen MR) is 106 cm³/mol. The Hall–Kier alpha value is -2.23. The molecule has 1 unspecified atom stereocenters. The molecule has 1 N–H and O–H groups in total. The monoisotopic (exact) mass is 412 g/mol. The SMILES string of the molecule is CC(C#N)c1ccc(-c2cc(NCCc3ccc(Br)cc3)ncn2)s1. The lowest BCUT2D eigenvalue weighted by Crippen LogP contribution is -2.06. The van der Waals surface area contributed by atoms with E-state index in [1.165, 1.54) is 5.56 Å². The van der Waals surface area contributed by atoms with Crippen molar-refractivity contribution in [3.8, 4) is 16.6 Å². The number of benzene rings is 1. The molecule has 3 rings (SSSR count). The van der Waals surface area contributed by atoms with E-state index in [1.54, 1.807) is 17.7 Å². The van der Waals surface area contributed by atoms with Crippen LogP contribution in [0.1, 0.15) is 23.3 Å². The number of nitrogens with zero attached hydrogens (tertiary/aromatic N) is 3. The summed E-state index contributed by atoms with van der Waals surface area (Å²) >= 11 is 5.05. The minimum atomic E-state index is -0.0934. The van der Waals surface area contributed by atoms with Gasteiger partial charge in [-0.15, -0.1) is 11.3 Å². The summed E-state index contributed by atoms with van der Waals surface area (Å²) in [6, 6.07) is 16.6. The van der Waals surface area contributed by atoms with Gasteiger partial charge in [0.25, 0.3) is 0 Å². The normalized spacial score (nSPS) is 11.7. The molecule has 1 atom stereocenters. The molecular formula is C19H17BrN4S. The summed E-state index contributed by atoms with van der Waals surface area (Å²) in [7, 11) is 0. The molecule has 0 radical (unpaired) electrons. The third-order valence-electron chi connectivity index (χ3n) is 3.80. The van der Waals surface area contributed by atoms with Crippen molar-refractivity contribution in [3.63, 3.8) is 0 Å². The molecule has 0 bridgehead atoms. The van der Waals surface area contributed by atoms with Gasteiger partial charge < -0.3 is 5.32 Å². The number of thiophene rings is 1. The van der Waals surface area contributed by atoms with Crippen LogP contribution in [0.2, 0.25) is 0 Å². The summed E-state index contributed by atoms with van der Waals surface area (Å²) in [4.78, 5) is 10.8. The topological polar surface area (TPSA) is 61.6 Å². The molecular weight excluding hydrogens is 396 g/mol. The summed E-state index contributed by atoms with van der Waals surface area (Å²) in [6.45, 7) is 2.71. The van der Waals surface area contributed by atoms with Gasteiger partial charge in [-0.05, 0) is 43.2 Å². The smallest absolute Gasteiger partial charge is 0.129 e. The molecule has 0 aliphatic rings. The highest BCUT2D eigenvalue weighted by Crippen LogP contribution is 2.31. The molecule has 0 amide bonds. The third kappa shape index (κ3) is 4.65. The molecule has 2 heterocycles. The minimum absolute atomic E-state index is 0.0934. The number of nitrogens with one attached hydrogen (secondary N) is 1. The van der Waals surface area contributed by atoms with E-state index in [9.17, 15) is 0 Å². The maximum Gasteiger partial charge on any atom is 0.129 e. The molecule has 0 fully saturated rings. The van der Waals surface area contributed by atoms with Gasteiger partial charge in [-0.1, -0.05) is 28.1 Å². The fraction of sp³-hybridized carbons (Fsp3) is 0.211. The van der Waals surface area contributed by atoms with E-state index in [1.807, 2.05) is 25.1 Å². The molecule has 6 heteroatoms. The molecule has 0 aliphatic carbocycles. The standard InChI is InChI=1S/C19H17BrN4S/c1-13(11-21)17-6-7-18(25-17)16-10-19(24-12-23-16)22-9-8-14-2-4-15(20)5-3-14/h2-7,10,12-13H,8-9H2,1H3,(H,22,23,24). The Balaban J connectivity index is 1.64. The maximum absolute atomic E-state index is 9.04. The Bertz CT molecular complexity index is 883. The van der Waals surface area contributed by atoms with Gasteiger partial charge in [0.05, 0.1) is 22.6 Å². The van der Waals surface area contributed by atoms with Gasteiger partial charge in [0.15, 0.2) is 0 Å². The molecule has 3 aromatic rings. The van der Waals surface area contributed by atoms with E-state index >= 15 is 0 Å². The van der Waals surface area contributed by atoms with Crippen molar-refractivity contribution in [2.24, 2.45) is 0 Å². The van der Waals surface area contributed by atoms with Gasteiger partial charge in [-0.3, -0.25) is 0 Å². The van der Waals surface area contributed by atoms with E-state index in [4.69, 9.17) is 5.26 Å². The van der Waals surface area contributed by atoms with Crippen LogP contribution < -0.4 is 5.32 Å². The quantitative estimate of drug-likeness (QED) is 0.600. The van der Waals surface area contributed by atoms with Crippen molar-refractivity contribution in [1.82, 2.24) is 9.97 Å². The Kier molecular flexibility index (Phi) is 5.79. The van der Waals surface area contributed by atoms with Crippen molar-refractivity contribution in [1.29, 1.82) is 5.26 Å². The van der Waals surface area contributed by atoms with Crippen LogP contribution in [0.5, 0.6) is 0 Å². The van der Waals surface area contributed by atoms with Gasteiger partial charge in [-0.25, -0.2) is 9.97 Å².